The third-order valence-electron chi connectivity index (χ3n) is 3.20. The largest absolute Gasteiger partial charge is 0.354 e. The van der Waals surface area contributed by atoms with E-state index in [1.54, 1.807) is 0 Å². The van der Waals surface area contributed by atoms with Gasteiger partial charge in [-0.05, 0) is 30.4 Å². The van der Waals surface area contributed by atoms with Crippen molar-refractivity contribution in [3.8, 4) is 0 Å². The van der Waals surface area contributed by atoms with Crippen molar-refractivity contribution in [3.63, 3.8) is 0 Å². The van der Waals surface area contributed by atoms with Gasteiger partial charge >= 0.3 is 0 Å². The highest BCUT2D eigenvalue weighted by atomic mass is 35.5. The molecule has 0 amide bonds. The normalized spacial score (nSPS) is 15.2. The molecule has 2 N–H and O–H groups in total. The second-order valence-electron chi connectivity index (χ2n) is 4.69. The van der Waals surface area contributed by atoms with Gasteiger partial charge in [0, 0.05) is 13.1 Å². The lowest BCUT2D eigenvalue weighted by atomic mass is 9.83. The smallest absolute Gasteiger partial charge is 0.228 e. The Kier molecular flexibility index (Phi) is 4.99. The summed E-state index contributed by atoms with van der Waals surface area (Å²) in [4.78, 5) is 12.4. The van der Waals surface area contributed by atoms with Crippen LogP contribution < -0.4 is 10.6 Å². The molecule has 18 heavy (non-hydrogen) atoms. The fourth-order valence-electron chi connectivity index (χ4n) is 1.91. The van der Waals surface area contributed by atoms with Gasteiger partial charge in [0.1, 0.15) is 0 Å². The van der Waals surface area contributed by atoms with E-state index in [2.05, 4.69) is 32.5 Å². The van der Waals surface area contributed by atoms with Gasteiger partial charge in [-0.1, -0.05) is 26.2 Å². The monoisotopic (exact) mass is 269 g/mol. The minimum atomic E-state index is 0.231. The van der Waals surface area contributed by atoms with Crippen molar-refractivity contribution in [3.05, 3.63) is 5.28 Å². The average Bonchev–Trinajstić information content (AvgIpc) is 2.29. The Balaban J connectivity index is 1.83. The number of hydrogen-bond donors (Lipinski definition) is 2. The highest BCUT2D eigenvalue weighted by Crippen LogP contribution is 2.29. The Hall–Kier alpha value is -1.10. The van der Waals surface area contributed by atoms with Crippen LogP contribution in [0.3, 0.4) is 0 Å². The maximum Gasteiger partial charge on any atom is 0.228 e. The van der Waals surface area contributed by atoms with Crippen LogP contribution in [-0.2, 0) is 0 Å². The van der Waals surface area contributed by atoms with Gasteiger partial charge in [0.05, 0.1) is 0 Å². The van der Waals surface area contributed by atoms with E-state index in [1.165, 1.54) is 25.7 Å². The maximum absolute atomic E-state index is 5.87. The molecule has 0 aromatic carbocycles. The molecule has 0 radical (unpaired) electrons. The first kappa shape index (κ1) is 13.3. The standard InChI is InChI=1S/C12H20ClN5/c1-2-7-14-11-16-10(13)17-12(18-11)15-8-6-9-4-3-5-9/h9H,2-8H2,1H3,(H2,14,15,16,17,18). The molecule has 1 aliphatic rings. The van der Waals surface area contributed by atoms with Crippen LogP contribution in [0.15, 0.2) is 0 Å². The molecular weight excluding hydrogens is 250 g/mol. The number of halogens is 1. The first-order valence-corrected chi connectivity index (χ1v) is 7.05. The van der Waals surface area contributed by atoms with Gasteiger partial charge in [-0.3, -0.25) is 0 Å². The van der Waals surface area contributed by atoms with Gasteiger partial charge in [0.25, 0.3) is 0 Å². The van der Waals surface area contributed by atoms with Crippen LogP contribution in [0.1, 0.15) is 39.0 Å². The zero-order valence-electron chi connectivity index (χ0n) is 10.7. The van der Waals surface area contributed by atoms with E-state index in [-0.39, 0.29) is 5.28 Å². The maximum atomic E-state index is 5.87. The summed E-state index contributed by atoms with van der Waals surface area (Å²) in [5, 5.41) is 6.56. The van der Waals surface area contributed by atoms with Crippen molar-refractivity contribution < 1.29 is 0 Å². The molecule has 0 spiro atoms. The molecule has 1 fully saturated rings. The van der Waals surface area contributed by atoms with Gasteiger partial charge < -0.3 is 10.6 Å². The highest BCUT2D eigenvalue weighted by molar-refractivity contribution is 6.28. The predicted octanol–water partition coefficient (Wildman–Crippen LogP) is 2.95. The molecule has 6 heteroatoms. The first-order valence-electron chi connectivity index (χ1n) is 6.67. The second kappa shape index (κ2) is 6.73. The van der Waals surface area contributed by atoms with Gasteiger partial charge in [-0.25, -0.2) is 0 Å². The molecule has 2 rings (SSSR count). The zero-order chi connectivity index (χ0) is 12.8. The van der Waals surface area contributed by atoms with Crippen molar-refractivity contribution in [2.75, 3.05) is 23.7 Å². The Morgan fingerprint density at radius 3 is 2.33 bits per heavy atom. The minimum absolute atomic E-state index is 0.231. The summed E-state index contributed by atoms with van der Waals surface area (Å²) >= 11 is 5.87. The molecule has 0 unspecified atom stereocenters. The molecule has 0 atom stereocenters. The predicted molar refractivity (Wildman–Crippen MR) is 74.1 cm³/mol. The topological polar surface area (TPSA) is 62.7 Å². The Labute approximate surface area is 113 Å². The summed E-state index contributed by atoms with van der Waals surface area (Å²) in [7, 11) is 0. The van der Waals surface area contributed by atoms with E-state index < -0.39 is 0 Å². The zero-order valence-corrected chi connectivity index (χ0v) is 11.5. The fourth-order valence-corrected chi connectivity index (χ4v) is 2.07. The first-order chi connectivity index (χ1) is 8.78. The summed E-state index contributed by atoms with van der Waals surface area (Å²) in [6.45, 7) is 3.83. The van der Waals surface area contributed by atoms with E-state index in [0.717, 1.165) is 25.4 Å². The average molecular weight is 270 g/mol. The van der Waals surface area contributed by atoms with E-state index in [1.807, 2.05) is 0 Å². The number of aromatic nitrogens is 3. The van der Waals surface area contributed by atoms with E-state index in [0.29, 0.717) is 11.9 Å². The summed E-state index contributed by atoms with van der Waals surface area (Å²) in [6.07, 6.45) is 6.31. The molecule has 1 aliphatic carbocycles. The summed E-state index contributed by atoms with van der Waals surface area (Å²) in [6, 6.07) is 0. The van der Waals surface area contributed by atoms with E-state index in [9.17, 15) is 0 Å². The summed E-state index contributed by atoms with van der Waals surface area (Å²) in [5.41, 5.74) is 0. The lowest BCUT2D eigenvalue weighted by Crippen LogP contribution is -2.17. The summed E-state index contributed by atoms with van der Waals surface area (Å²) in [5.74, 6) is 1.99. The molecule has 5 nitrogen and oxygen atoms in total. The molecule has 1 heterocycles. The van der Waals surface area contributed by atoms with Crippen LogP contribution in [0.5, 0.6) is 0 Å². The van der Waals surface area contributed by atoms with Crippen LogP contribution in [0.25, 0.3) is 0 Å². The van der Waals surface area contributed by atoms with Gasteiger partial charge in [0.15, 0.2) is 0 Å². The number of rotatable bonds is 7. The van der Waals surface area contributed by atoms with Crippen LogP contribution >= 0.6 is 11.6 Å². The third kappa shape index (κ3) is 3.98. The molecule has 1 aromatic heterocycles. The van der Waals surface area contributed by atoms with E-state index in [4.69, 9.17) is 11.6 Å². The summed E-state index contributed by atoms with van der Waals surface area (Å²) < 4.78 is 0. The van der Waals surface area contributed by atoms with Crippen LogP contribution in [-0.4, -0.2) is 28.0 Å². The highest BCUT2D eigenvalue weighted by Gasteiger charge is 2.16. The lowest BCUT2D eigenvalue weighted by molar-refractivity contribution is 0.303. The molecular formula is C12H20ClN5. The van der Waals surface area contributed by atoms with Crippen LogP contribution in [0.2, 0.25) is 5.28 Å². The Morgan fingerprint density at radius 1 is 1.11 bits per heavy atom. The van der Waals surface area contributed by atoms with Crippen molar-refractivity contribution >= 4 is 23.5 Å². The van der Waals surface area contributed by atoms with Crippen molar-refractivity contribution in [1.29, 1.82) is 0 Å². The molecule has 0 aliphatic heterocycles. The molecule has 0 saturated heterocycles. The molecule has 0 bridgehead atoms. The Morgan fingerprint density at radius 2 is 1.78 bits per heavy atom. The number of nitrogens with one attached hydrogen (secondary N) is 2. The number of anilines is 2. The quantitative estimate of drug-likeness (QED) is 0.797. The van der Waals surface area contributed by atoms with E-state index >= 15 is 0 Å². The van der Waals surface area contributed by atoms with Crippen molar-refractivity contribution in [2.24, 2.45) is 5.92 Å². The molecule has 1 aromatic rings. The fraction of sp³-hybridized carbons (Fsp3) is 0.750. The van der Waals surface area contributed by atoms with Gasteiger partial charge in [-0.15, -0.1) is 0 Å². The third-order valence-corrected chi connectivity index (χ3v) is 3.37. The van der Waals surface area contributed by atoms with Crippen molar-refractivity contribution in [1.82, 2.24) is 15.0 Å². The molecule has 100 valence electrons. The lowest BCUT2D eigenvalue weighted by Gasteiger charge is -2.25. The molecule has 1 saturated carbocycles. The Bertz CT molecular complexity index is 381. The minimum Gasteiger partial charge on any atom is -0.354 e. The SMILES string of the molecule is CCCNc1nc(Cl)nc(NCCC2CCC2)n1. The van der Waals surface area contributed by atoms with Crippen molar-refractivity contribution in [2.45, 2.75) is 39.0 Å². The van der Waals surface area contributed by atoms with Crippen LogP contribution in [0, 0.1) is 5.92 Å². The van der Waals surface area contributed by atoms with Gasteiger partial charge in [-0.2, -0.15) is 15.0 Å². The number of hydrogen-bond acceptors (Lipinski definition) is 5. The number of nitrogens with zero attached hydrogens (tertiary/aromatic N) is 3. The second-order valence-corrected chi connectivity index (χ2v) is 5.03. The van der Waals surface area contributed by atoms with Crippen LogP contribution in [0.4, 0.5) is 11.9 Å². The van der Waals surface area contributed by atoms with Gasteiger partial charge in [0.2, 0.25) is 17.2 Å².